The number of carboxylic acid groups (broad SMARTS) is 1. The maximum absolute atomic E-state index is 13.8. The molecule has 4 aromatic rings. The van der Waals surface area contributed by atoms with Crippen molar-refractivity contribution in [3.05, 3.63) is 107 Å². The molecule has 13 heteroatoms. The molecule has 0 saturated carbocycles. The topological polar surface area (TPSA) is 119 Å². The number of thioether (sulfide) groups is 1. The first-order chi connectivity index (χ1) is 21.1. The van der Waals surface area contributed by atoms with Gasteiger partial charge in [0.05, 0.1) is 36.8 Å². The first-order valence-corrected chi connectivity index (χ1v) is 16.4. The van der Waals surface area contributed by atoms with Crippen molar-refractivity contribution in [2.75, 3.05) is 10.6 Å². The third kappa shape index (κ3) is 6.57. The molecule has 0 radical (unpaired) electrons. The Morgan fingerprint density at radius 3 is 2.25 bits per heavy atom. The molecule has 7 nitrogen and oxygen atoms in total. The molecule has 2 amide bonds. The number of halogens is 4. The summed E-state index contributed by atoms with van der Waals surface area (Å²) in [7, 11) is 0. The predicted octanol–water partition coefficient (Wildman–Crippen LogP) is 9.53. The molecular formula is C31H21Cl4N3O4S2. The van der Waals surface area contributed by atoms with E-state index in [2.05, 4.69) is 16.7 Å². The highest BCUT2D eigenvalue weighted by atomic mass is 35.5. The predicted molar refractivity (Wildman–Crippen MR) is 177 cm³/mol. The summed E-state index contributed by atoms with van der Waals surface area (Å²) in [4.78, 5) is 40.7. The van der Waals surface area contributed by atoms with Crippen LogP contribution in [0.4, 0.5) is 10.7 Å². The number of hydrogen-bond acceptors (Lipinski definition) is 6. The first-order valence-electron chi connectivity index (χ1n) is 13.2. The summed E-state index contributed by atoms with van der Waals surface area (Å²) in [6.45, 7) is 0. The molecule has 5 rings (SSSR count). The Morgan fingerprint density at radius 2 is 1.57 bits per heavy atom. The average Bonchev–Trinajstić information content (AvgIpc) is 3.37. The summed E-state index contributed by atoms with van der Waals surface area (Å²) in [5, 5.41) is 23.8. The van der Waals surface area contributed by atoms with Crippen LogP contribution in [0.1, 0.15) is 60.4 Å². The Morgan fingerprint density at radius 1 is 0.886 bits per heavy atom. The average molecular weight is 705 g/mol. The van der Waals surface area contributed by atoms with E-state index in [1.165, 1.54) is 23.1 Å². The van der Waals surface area contributed by atoms with E-state index in [-0.39, 0.29) is 21.0 Å². The van der Waals surface area contributed by atoms with Crippen molar-refractivity contribution in [3.63, 3.8) is 0 Å². The quantitative estimate of drug-likeness (QED) is 0.0955. The Kier molecular flexibility index (Phi) is 10.1. The van der Waals surface area contributed by atoms with Crippen molar-refractivity contribution in [2.24, 2.45) is 0 Å². The van der Waals surface area contributed by atoms with Crippen molar-refractivity contribution in [1.29, 1.82) is 5.26 Å². The molecule has 0 bridgehead atoms. The molecule has 0 spiro atoms. The molecule has 224 valence electrons. The fraction of sp³-hybridized carbons (Fsp3) is 0.161. The SMILES string of the molecule is N#Cc1c(NC(=O)C(Sc2cccc(NC(=O)c3c(Cl)c(Cl)c(Cl)c(Cl)c3C(=O)O)c2)c2ccccc2)sc2c1CCCC2. The van der Waals surface area contributed by atoms with Crippen molar-refractivity contribution >= 4 is 98.0 Å². The molecule has 44 heavy (non-hydrogen) atoms. The van der Waals surface area contributed by atoms with Crippen molar-refractivity contribution in [1.82, 2.24) is 0 Å². The summed E-state index contributed by atoms with van der Waals surface area (Å²) in [5.41, 5.74) is 1.58. The number of rotatable bonds is 8. The minimum Gasteiger partial charge on any atom is -0.478 e. The van der Waals surface area contributed by atoms with Crippen LogP contribution in [0.15, 0.2) is 59.5 Å². The summed E-state index contributed by atoms with van der Waals surface area (Å²) in [6, 6.07) is 18.2. The van der Waals surface area contributed by atoms with Crippen LogP contribution >= 0.6 is 69.5 Å². The second kappa shape index (κ2) is 13.8. The largest absolute Gasteiger partial charge is 0.478 e. The van der Waals surface area contributed by atoms with Gasteiger partial charge >= 0.3 is 5.97 Å². The fourth-order valence-electron chi connectivity index (χ4n) is 4.87. The highest BCUT2D eigenvalue weighted by molar-refractivity contribution is 8.00. The number of carboxylic acids is 1. The zero-order valence-corrected chi connectivity index (χ0v) is 27.2. The summed E-state index contributed by atoms with van der Waals surface area (Å²) >= 11 is 27.2. The fourth-order valence-corrected chi connectivity index (χ4v) is 8.22. The van der Waals surface area contributed by atoms with Crippen LogP contribution in [0.25, 0.3) is 0 Å². The molecule has 1 aliphatic rings. The number of amides is 2. The maximum Gasteiger partial charge on any atom is 0.338 e. The van der Waals surface area contributed by atoms with Crippen LogP contribution in [0, 0.1) is 11.3 Å². The second-order valence-electron chi connectivity index (χ2n) is 9.72. The zero-order chi connectivity index (χ0) is 31.5. The van der Waals surface area contributed by atoms with Crippen LogP contribution in [-0.2, 0) is 17.6 Å². The van der Waals surface area contributed by atoms with Crippen LogP contribution in [-0.4, -0.2) is 22.9 Å². The standard InChI is InChI=1S/C31H21Cl4N3O4S2/c32-23-21(22(31(41)42)24(33)26(35)25(23)34)28(39)37-16-9-6-10-17(13-16)43-27(15-7-2-1-3-8-15)29(40)38-30-19(14-36)18-11-4-5-12-20(18)44-30/h1-3,6-10,13,27H,4-5,11-12H2,(H,37,39)(H,38,40)(H,41,42). The number of nitrogens with one attached hydrogen (secondary N) is 2. The minimum absolute atomic E-state index is 0.249. The molecule has 3 N–H and O–H groups in total. The number of aromatic carboxylic acids is 1. The van der Waals surface area contributed by atoms with Crippen molar-refractivity contribution in [3.8, 4) is 6.07 Å². The molecule has 3 aromatic carbocycles. The number of nitriles is 1. The lowest BCUT2D eigenvalue weighted by atomic mass is 9.96. The second-order valence-corrected chi connectivity index (χ2v) is 13.5. The van der Waals surface area contributed by atoms with Gasteiger partial charge in [0.15, 0.2) is 0 Å². The molecule has 1 heterocycles. The summed E-state index contributed by atoms with van der Waals surface area (Å²) in [6.07, 6.45) is 3.80. The summed E-state index contributed by atoms with van der Waals surface area (Å²) < 4.78 is 0. The van der Waals surface area contributed by atoms with E-state index in [0.717, 1.165) is 41.7 Å². The molecule has 1 unspecified atom stereocenters. The van der Waals surface area contributed by atoms with Crippen LogP contribution in [0.2, 0.25) is 20.1 Å². The van der Waals surface area contributed by atoms with E-state index in [0.29, 0.717) is 21.1 Å². The lowest BCUT2D eigenvalue weighted by Gasteiger charge is -2.18. The number of carbonyl (C=O) groups excluding carboxylic acids is 2. The van der Waals surface area contributed by atoms with Gasteiger partial charge in [-0.05, 0) is 55.0 Å². The first kappa shape index (κ1) is 32.2. The van der Waals surface area contributed by atoms with Gasteiger partial charge in [0.2, 0.25) is 5.91 Å². The Bertz CT molecular complexity index is 1840. The number of nitrogens with zero attached hydrogens (tertiary/aromatic N) is 1. The summed E-state index contributed by atoms with van der Waals surface area (Å²) in [5.74, 6) is -2.67. The van der Waals surface area contributed by atoms with Gasteiger partial charge in [0, 0.05) is 15.5 Å². The number of anilines is 2. The van der Waals surface area contributed by atoms with Gasteiger partial charge in [0.1, 0.15) is 16.3 Å². The van der Waals surface area contributed by atoms with E-state index >= 15 is 0 Å². The minimum atomic E-state index is -1.51. The normalized spacial score (nSPS) is 13.0. The molecule has 1 aromatic heterocycles. The monoisotopic (exact) mass is 703 g/mol. The Balaban J connectivity index is 1.42. The maximum atomic E-state index is 13.8. The molecule has 1 aliphatic carbocycles. The number of carbonyl (C=O) groups is 3. The molecule has 1 atom stereocenters. The Hall–Kier alpha value is -3.23. The molecular weight excluding hydrogens is 684 g/mol. The van der Waals surface area contributed by atoms with Gasteiger partial charge in [-0.3, -0.25) is 9.59 Å². The van der Waals surface area contributed by atoms with Gasteiger partial charge in [-0.25, -0.2) is 4.79 Å². The number of benzene rings is 3. The third-order valence-electron chi connectivity index (χ3n) is 6.91. The van der Waals surface area contributed by atoms with Gasteiger partial charge in [-0.1, -0.05) is 82.8 Å². The highest BCUT2D eigenvalue weighted by Gasteiger charge is 2.30. The lowest BCUT2D eigenvalue weighted by Crippen LogP contribution is -2.19. The highest BCUT2D eigenvalue weighted by Crippen LogP contribution is 2.43. The smallest absolute Gasteiger partial charge is 0.338 e. The zero-order valence-electron chi connectivity index (χ0n) is 22.5. The van der Waals surface area contributed by atoms with Crippen molar-refractivity contribution in [2.45, 2.75) is 35.8 Å². The molecule has 0 aliphatic heterocycles. The number of aryl methyl sites for hydroxylation is 1. The van der Waals surface area contributed by atoms with E-state index in [1.807, 2.05) is 30.3 Å². The van der Waals surface area contributed by atoms with E-state index in [1.54, 1.807) is 24.3 Å². The van der Waals surface area contributed by atoms with E-state index in [4.69, 9.17) is 46.4 Å². The van der Waals surface area contributed by atoms with E-state index < -0.39 is 33.3 Å². The number of hydrogen-bond donors (Lipinski definition) is 3. The third-order valence-corrected chi connectivity index (χ3v) is 11.2. The van der Waals surface area contributed by atoms with Gasteiger partial charge in [0.25, 0.3) is 5.91 Å². The van der Waals surface area contributed by atoms with Gasteiger partial charge < -0.3 is 15.7 Å². The molecule has 0 saturated heterocycles. The number of fused-ring (bicyclic) bond motifs is 1. The van der Waals surface area contributed by atoms with Gasteiger partial charge in [-0.15, -0.1) is 23.1 Å². The van der Waals surface area contributed by atoms with E-state index in [9.17, 15) is 24.8 Å². The Labute approximate surface area is 281 Å². The van der Waals surface area contributed by atoms with Crippen molar-refractivity contribution < 1.29 is 19.5 Å². The van der Waals surface area contributed by atoms with Gasteiger partial charge in [-0.2, -0.15) is 5.26 Å². The van der Waals surface area contributed by atoms with Crippen LogP contribution < -0.4 is 10.6 Å². The van der Waals surface area contributed by atoms with Crippen LogP contribution in [0.5, 0.6) is 0 Å². The van der Waals surface area contributed by atoms with Crippen LogP contribution in [0.3, 0.4) is 0 Å². The number of thiophene rings is 1. The molecule has 0 fully saturated rings. The lowest BCUT2D eigenvalue weighted by molar-refractivity contribution is -0.115.